The highest BCUT2D eigenvalue weighted by molar-refractivity contribution is 5.64. The first kappa shape index (κ1) is 19.6. The lowest BCUT2D eigenvalue weighted by Crippen LogP contribution is -2.34. The van der Waals surface area contributed by atoms with Gasteiger partial charge in [-0.3, -0.25) is 0 Å². The lowest BCUT2D eigenvalue weighted by Gasteiger charge is -2.28. The normalized spacial score (nSPS) is 20.3. The van der Waals surface area contributed by atoms with Gasteiger partial charge in [0.05, 0.1) is 6.10 Å². The predicted octanol–water partition coefficient (Wildman–Crippen LogP) is 6.40. The number of ether oxygens (including phenoxy) is 2. The van der Waals surface area contributed by atoms with Crippen LogP contribution in [0.5, 0.6) is 5.75 Å². The van der Waals surface area contributed by atoms with E-state index in [0.29, 0.717) is 5.92 Å². The number of halogens is 2. The Morgan fingerprint density at radius 3 is 2.07 bits per heavy atom. The second-order valence-electron chi connectivity index (χ2n) is 7.21. The van der Waals surface area contributed by atoms with Gasteiger partial charge in [-0.15, -0.1) is 6.58 Å². The van der Waals surface area contributed by atoms with Crippen molar-refractivity contribution in [2.24, 2.45) is 5.92 Å². The summed E-state index contributed by atoms with van der Waals surface area (Å²) < 4.78 is 38.5. The van der Waals surface area contributed by atoms with E-state index in [1.54, 1.807) is 24.3 Å². The number of alkyl halides is 2. The summed E-state index contributed by atoms with van der Waals surface area (Å²) >= 11 is 0. The van der Waals surface area contributed by atoms with E-state index in [4.69, 9.17) is 9.47 Å². The molecule has 0 spiro atoms. The zero-order valence-electron chi connectivity index (χ0n) is 15.7. The number of rotatable bonds is 7. The van der Waals surface area contributed by atoms with Gasteiger partial charge >= 0.3 is 6.11 Å². The highest BCUT2D eigenvalue weighted by atomic mass is 19.3. The number of benzene rings is 2. The molecule has 1 aliphatic carbocycles. The standard InChI is InChI=1S/C23H26F2O2/c1-3-18-6-12-21(13-7-18)26-16-23(24,25)27-22-14-10-20(11-15-22)19-8-4-17(2)5-9-19/h3-5,8-11,14-15,18,21H,1,6-7,12-13,16H2,2H3. The van der Waals surface area contributed by atoms with Crippen LogP contribution < -0.4 is 4.74 Å². The molecule has 0 N–H and O–H groups in total. The zero-order chi connectivity index (χ0) is 19.3. The summed E-state index contributed by atoms with van der Waals surface area (Å²) in [7, 11) is 0. The molecule has 2 aromatic rings. The molecule has 2 aromatic carbocycles. The number of allylic oxidation sites excluding steroid dienone is 1. The summed E-state index contributed by atoms with van der Waals surface area (Å²) in [6.45, 7) is 5.09. The van der Waals surface area contributed by atoms with Gasteiger partial charge in [0.15, 0.2) is 6.61 Å². The molecule has 0 atom stereocenters. The smallest absolute Gasteiger partial charge is 0.421 e. The molecule has 144 valence electrons. The first-order valence-corrected chi connectivity index (χ1v) is 9.43. The van der Waals surface area contributed by atoms with E-state index in [9.17, 15) is 8.78 Å². The van der Waals surface area contributed by atoms with Crippen molar-refractivity contribution in [2.45, 2.75) is 44.8 Å². The maximum Gasteiger partial charge on any atom is 0.421 e. The fraction of sp³-hybridized carbons (Fsp3) is 0.391. The Morgan fingerprint density at radius 1 is 0.963 bits per heavy atom. The summed E-state index contributed by atoms with van der Waals surface area (Å²) in [6, 6.07) is 14.8. The zero-order valence-corrected chi connectivity index (χ0v) is 15.7. The van der Waals surface area contributed by atoms with Crippen LogP contribution in [-0.4, -0.2) is 18.8 Å². The number of aryl methyl sites for hydroxylation is 1. The second-order valence-corrected chi connectivity index (χ2v) is 7.21. The maximum absolute atomic E-state index is 14.1. The van der Waals surface area contributed by atoms with Gasteiger partial charge in [0.2, 0.25) is 0 Å². The summed E-state index contributed by atoms with van der Waals surface area (Å²) in [6.07, 6.45) is 1.94. The topological polar surface area (TPSA) is 18.5 Å². The van der Waals surface area contributed by atoms with Gasteiger partial charge in [0.1, 0.15) is 5.75 Å². The predicted molar refractivity (Wildman–Crippen MR) is 104 cm³/mol. The van der Waals surface area contributed by atoms with Crippen molar-refractivity contribution in [2.75, 3.05) is 6.61 Å². The molecule has 0 heterocycles. The quantitative estimate of drug-likeness (QED) is 0.524. The molecule has 0 aliphatic heterocycles. The van der Waals surface area contributed by atoms with Crippen molar-refractivity contribution in [1.29, 1.82) is 0 Å². The fourth-order valence-corrected chi connectivity index (χ4v) is 3.37. The van der Waals surface area contributed by atoms with Gasteiger partial charge in [-0.05, 0) is 61.8 Å². The Hall–Kier alpha value is -2.20. The second kappa shape index (κ2) is 8.66. The summed E-state index contributed by atoms with van der Waals surface area (Å²) in [5, 5.41) is 0. The molecule has 27 heavy (non-hydrogen) atoms. The molecular weight excluding hydrogens is 346 g/mol. The molecule has 1 aliphatic rings. The Kier molecular flexibility index (Phi) is 6.27. The van der Waals surface area contributed by atoms with E-state index in [1.807, 2.05) is 37.3 Å². The molecule has 0 bridgehead atoms. The van der Waals surface area contributed by atoms with Crippen molar-refractivity contribution in [1.82, 2.24) is 0 Å². The first-order valence-electron chi connectivity index (χ1n) is 9.43. The minimum absolute atomic E-state index is 0.125. The first-order chi connectivity index (χ1) is 12.9. The van der Waals surface area contributed by atoms with Crippen LogP contribution in [0.4, 0.5) is 8.78 Å². The lowest BCUT2D eigenvalue weighted by atomic mass is 9.87. The van der Waals surface area contributed by atoms with E-state index < -0.39 is 12.7 Å². The van der Waals surface area contributed by atoms with Crippen LogP contribution in [0.3, 0.4) is 0 Å². The van der Waals surface area contributed by atoms with Gasteiger partial charge < -0.3 is 9.47 Å². The molecule has 0 amide bonds. The third kappa shape index (κ3) is 5.64. The number of hydrogen-bond acceptors (Lipinski definition) is 2. The molecule has 0 saturated heterocycles. The molecular formula is C23H26F2O2. The average Bonchev–Trinajstić information content (AvgIpc) is 2.68. The molecule has 0 radical (unpaired) electrons. The van der Waals surface area contributed by atoms with Crippen LogP contribution in [0, 0.1) is 12.8 Å². The van der Waals surface area contributed by atoms with Crippen LogP contribution in [-0.2, 0) is 4.74 Å². The lowest BCUT2D eigenvalue weighted by molar-refractivity contribution is -0.222. The largest absolute Gasteiger partial charge is 0.431 e. The Morgan fingerprint density at radius 2 is 1.52 bits per heavy atom. The highest BCUT2D eigenvalue weighted by Gasteiger charge is 2.34. The van der Waals surface area contributed by atoms with Crippen LogP contribution >= 0.6 is 0 Å². The third-order valence-electron chi connectivity index (χ3n) is 5.05. The highest BCUT2D eigenvalue weighted by Crippen LogP contribution is 2.30. The van der Waals surface area contributed by atoms with Crippen molar-refractivity contribution < 1.29 is 18.3 Å². The monoisotopic (exact) mass is 372 g/mol. The number of hydrogen-bond donors (Lipinski definition) is 0. The van der Waals surface area contributed by atoms with Crippen LogP contribution in [0.15, 0.2) is 61.2 Å². The fourth-order valence-electron chi connectivity index (χ4n) is 3.37. The minimum atomic E-state index is -3.35. The van der Waals surface area contributed by atoms with E-state index in [-0.39, 0.29) is 11.9 Å². The van der Waals surface area contributed by atoms with Crippen molar-refractivity contribution in [3.63, 3.8) is 0 Å². The van der Waals surface area contributed by atoms with Crippen molar-refractivity contribution in [3.8, 4) is 16.9 Å². The molecule has 1 saturated carbocycles. The van der Waals surface area contributed by atoms with Gasteiger partial charge in [-0.2, -0.15) is 8.78 Å². The Labute approximate surface area is 159 Å². The Bertz CT molecular complexity index is 730. The third-order valence-corrected chi connectivity index (χ3v) is 5.05. The molecule has 0 aromatic heterocycles. The van der Waals surface area contributed by atoms with Crippen molar-refractivity contribution in [3.05, 3.63) is 66.7 Å². The van der Waals surface area contributed by atoms with Crippen molar-refractivity contribution >= 4 is 0 Å². The molecule has 0 unspecified atom stereocenters. The van der Waals surface area contributed by atoms with E-state index in [0.717, 1.165) is 36.8 Å². The average molecular weight is 372 g/mol. The summed E-state index contributed by atoms with van der Waals surface area (Å²) in [4.78, 5) is 0. The Balaban J connectivity index is 1.52. The van der Waals surface area contributed by atoms with E-state index in [1.165, 1.54) is 5.56 Å². The molecule has 4 heteroatoms. The van der Waals surface area contributed by atoms with Gasteiger partial charge in [-0.1, -0.05) is 48.0 Å². The van der Waals surface area contributed by atoms with Crippen LogP contribution in [0.25, 0.3) is 11.1 Å². The minimum Gasteiger partial charge on any atom is -0.431 e. The van der Waals surface area contributed by atoms with Gasteiger partial charge in [0.25, 0.3) is 0 Å². The summed E-state index contributed by atoms with van der Waals surface area (Å²) in [5.41, 5.74) is 3.18. The maximum atomic E-state index is 14.1. The van der Waals surface area contributed by atoms with Crippen LogP contribution in [0.1, 0.15) is 31.2 Å². The van der Waals surface area contributed by atoms with Gasteiger partial charge in [-0.25, -0.2) is 0 Å². The van der Waals surface area contributed by atoms with Crippen LogP contribution in [0.2, 0.25) is 0 Å². The summed E-state index contributed by atoms with van der Waals surface area (Å²) in [5.74, 6) is 0.614. The SMILES string of the molecule is C=CC1CCC(OCC(F)(F)Oc2ccc(-c3ccc(C)cc3)cc2)CC1. The molecule has 2 nitrogen and oxygen atoms in total. The van der Waals surface area contributed by atoms with E-state index in [2.05, 4.69) is 6.58 Å². The van der Waals surface area contributed by atoms with Gasteiger partial charge in [0, 0.05) is 0 Å². The van der Waals surface area contributed by atoms with E-state index >= 15 is 0 Å². The molecule has 1 fully saturated rings. The molecule has 3 rings (SSSR count).